The lowest BCUT2D eigenvalue weighted by atomic mass is 10.1. The highest BCUT2D eigenvalue weighted by Gasteiger charge is 2.38. The van der Waals surface area contributed by atoms with Crippen LogP contribution in [0.25, 0.3) is 0 Å². The normalized spacial score (nSPS) is 21.0. The van der Waals surface area contributed by atoms with Gasteiger partial charge >= 0.3 is 0 Å². The number of amides is 2. The monoisotopic (exact) mass is 330 g/mol. The Morgan fingerprint density at radius 1 is 1.17 bits per heavy atom. The van der Waals surface area contributed by atoms with Crippen molar-refractivity contribution >= 4 is 11.8 Å². The van der Waals surface area contributed by atoms with Crippen LogP contribution in [0.15, 0.2) is 18.2 Å². The Hall–Kier alpha value is -2.04. The van der Waals surface area contributed by atoms with Crippen molar-refractivity contribution in [1.82, 2.24) is 10.6 Å². The van der Waals surface area contributed by atoms with Gasteiger partial charge in [0.1, 0.15) is 12.4 Å². The lowest BCUT2D eigenvalue weighted by Gasteiger charge is -2.09. The van der Waals surface area contributed by atoms with Gasteiger partial charge < -0.3 is 15.4 Å². The Kier molecular flexibility index (Phi) is 5.38. The van der Waals surface area contributed by atoms with Gasteiger partial charge in [-0.3, -0.25) is 9.59 Å². The molecule has 0 saturated heterocycles. The number of benzene rings is 1. The summed E-state index contributed by atoms with van der Waals surface area (Å²) in [7, 11) is 0. The predicted octanol–water partition coefficient (Wildman–Crippen LogP) is 1.83. The fourth-order valence-electron chi connectivity index (χ4n) is 3.20. The van der Waals surface area contributed by atoms with E-state index >= 15 is 0 Å². The number of ether oxygens (including phenoxy) is 1. The van der Waals surface area contributed by atoms with E-state index in [0.717, 1.165) is 18.6 Å². The van der Waals surface area contributed by atoms with Crippen molar-refractivity contribution < 1.29 is 14.3 Å². The molecular formula is C19H26N2O3. The van der Waals surface area contributed by atoms with Gasteiger partial charge in [-0.1, -0.05) is 13.0 Å². The summed E-state index contributed by atoms with van der Waals surface area (Å²) in [5.41, 5.74) is 2.82. The van der Waals surface area contributed by atoms with Gasteiger partial charge in [-0.05, 0) is 54.9 Å². The molecule has 2 aliphatic carbocycles. The molecule has 2 amide bonds. The van der Waals surface area contributed by atoms with Crippen molar-refractivity contribution in [3.8, 4) is 5.75 Å². The minimum absolute atomic E-state index is 0.0586. The van der Waals surface area contributed by atoms with Crippen LogP contribution in [0.4, 0.5) is 0 Å². The third-order valence-electron chi connectivity index (χ3n) is 4.86. The lowest BCUT2D eigenvalue weighted by Crippen LogP contribution is -2.33. The maximum Gasteiger partial charge on any atom is 0.223 e. The Morgan fingerprint density at radius 2 is 1.96 bits per heavy atom. The van der Waals surface area contributed by atoms with E-state index in [4.69, 9.17) is 4.74 Å². The Morgan fingerprint density at radius 3 is 2.75 bits per heavy atom. The number of carbonyl (C=O) groups is 2. The molecule has 2 atom stereocenters. The second kappa shape index (κ2) is 7.69. The topological polar surface area (TPSA) is 67.4 Å². The first-order valence-corrected chi connectivity index (χ1v) is 8.92. The second-order valence-electron chi connectivity index (χ2n) is 6.84. The van der Waals surface area contributed by atoms with Crippen LogP contribution in [0.2, 0.25) is 0 Å². The average molecular weight is 330 g/mol. The maximum atomic E-state index is 11.7. The quantitative estimate of drug-likeness (QED) is 0.715. The highest BCUT2D eigenvalue weighted by Crippen LogP contribution is 2.37. The molecule has 5 heteroatoms. The van der Waals surface area contributed by atoms with Crippen molar-refractivity contribution in [3.63, 3.8) is 0 Å². The first-order valence-electron chi connectivity index (χ1n) is 8.92. The summed E-state index contributed by atoms with van der Waals surface area (Å²) in [6.45, 7) is 3.40. The predicted molar refractivity (Wildman–Crippen MR) is 91.9 cm³/mol. The Labute approximate surface area is 143 Å². The van der Waals surface area contributed by atoms with Gasteiger partial charge in [0, 0.05) is 18.9 Å². The van der Waals surface area contributed by atoms with Crippen LogP contribution < -0.4 is 15.4 Å². The number of hydrogen-bond acceptors (Lipinski definition) is 3. The van der Waals surface area contributed by atoms with Crippen LogP contribution in [0.5, 0.6) is 5.75 Å². The molecule has 2 N–H and O–H groups in total. The molecule has 0 bridgehead atoms. The van der Waals surface area contributed by atoms with Crippen LogP contribution in [0.1, 0.15) is 37.3 Å². The van der Waals surface area contributed by atoms with Crippen molar-refractivity contribution in [3.05, 3.63) is 29.3 Å². The largest absolute Gasteiger partial charge is 0.492 e. The fourth-order valence-corrected chi connectivity index (χ4v) is 3.20. The molecule has 5 nitrogen and oxygen atoms in total. The number of hydrogen-bond donors (Lipinski definition) is 2. The molecule has 130 valence electrons. The van der Waals surface area contributed by atoms with Gasteiger partial charge in [-0.25, -0.2) is 0 Å². The number of fused-ring (bicyclic) bond motifs is 1. The van der Waals surface area contributed by atoms with Gasteiger partial charge in [0.2, 0.25) is 11.8 Å². The van der Waals surface area contributed by atoms with E-state index in [1.807, 2.05) is 6.07 Å². The standard InChI is InChI=1S/C19H26N2O3/c1-13-11-17(13)19(23)21-8-7-18(22)20-9-10-24-16-6-5-14-3-2-4-15(14)12-16/h5-6,12-13,17H,2-4,7-11H2,1H3,(H,20,22)(H,21,23)/t13-,17-/m0/s1. The van der Waals surface area contributed by atoms with Gasteiger partial charge in [0.15, 0.2) is 0 Å². The van der Waals surface area contributed by atoms with Crippen molar-refractivity contribution in [1.29, 1.82) is 0 Å². The van der Waals surface area contributed by atoms with Crippen LogP contribution in [-0.2, 0) is 22.4 Å². The van der Waals surface area contributed by atoms with Crippen molar-refractivity contribution in [2.24, 2.45) is 11.8 Å². The van der Waals surface area contributed by atoms with E-state index in [0.29, 0.717) is 32.0 Å². The molecule has 2 aliphatic rings. The molecule has 1 fully saturated rings. The first-order chi connectivity index (χ1) is 11.6. The van der Waals surface area contributed by atoms with E-state index in [2.05, 4.69) is 29.7 Å². The smallest absolute Gasteiger partial charge is 0.223 e. The third kappa shape index (κ3) is 4.49. The van der Waals surface area contributed by atoms with E-state index in [1.165, 1.54) is 24.0 Å². The molecule has 0 aliphatic heterocycles. The Bertz CT molecular complexity index is 615. The summed E-state index contributed by atoms with van der Waals surface area (Å²) in [4.78, 5) is 23.4. The average Bonchev–Trinajstić information content (AvgIpc) is 3.12. The van der Waals surface area contributed by atoms with Gasteiger partial charge in [-0.15, -0.1) is 0 Å². The summed E-state index contributed by atoms with van der Waals surface area (Å²) in [5, 5.41) is 5.63. The molecule has 0 aromatic heterocycles. The molecule has 1 saturated carbocycles. The van der Waals surface area contributed by atoms with Gasteiger partial charge in [0.05, 0.1) is 6.54 Å². The zero-order valence-corrected chi connectivity index (χ0v) is 14.3. The minimum Gasteiger partial charge on any atom is -0.492 e. The van der Waals surface area contributed by atoms with E-state index < -0.39 is 0 Å². The summed E-state index contributed by atoms with van der Waals surface area (Å²) >= 11 is 0. The van der Waals surface area contributed by atoms with E-state index in [9.17, 15) is 9.59 Å². The van der Waals surface area contributed by atoms with Crippen molar-refractivity contribution in [2.45, 2.75) is 39.0 Å². The molecule has 24 heavy (non-hydrogen) atoms. The lowest BCUT2D eigenvalue weighted by molar-refractivity contribution is -0.123. The van der Waals surface area contributed by atoms with Crippen LogP contribution in [-0.4, -0.2) is 31.5 Å². The summed E-state index contributed by atoms with van der Waals surface area (Å²) in [5.74, 6) is 1.55. The highest BCUT2D eigenvalue weighted by atomic mass is 16.5. The van der Waals surface area contributed by atoms with E-state index in [1.54, 1.807) is 0 Å². The molecular weight excluding hydrogens is 304 g/mol. The molecule has 0 spiro atoms. The molecule has 1 aromatic carbocycles. The van der Waals surface area contributed by atoms with Crippen molar-refractivity contribution in [2.75, 3.05) is 19.7 Å². The summed E-state index contributed by atoms with van der Waals surface area (Å²) < 4.78 is 5.69. The van der Waals surface area contributed by atoms with Crippen LogP contribution >= 0.6 is 0 Å². The number of aryl methyl sites for hydroxylation is 2. The van der Waals surface area contributed by atoms with Gasteiger partial charge in [-0.2, -0.15) is 0 Å². The molecule has 1 aromatic rings. The molecule has 0 unspecified atom stereocenters. The summed E-state index contributed by atoms with van der Waals surface area (Å²) in [6, 6.07) is 6.25. The zero-order chi connectivity index (χ0) is 16.9. The SMILES string of the molecule is C[C@H]1C[C@@H]1C(=O)NCCC(=O)NCCOc1ccc2c(c1)CCC2. The maximum absolute atomic E-state index is 11.7. The third-order valence-corrected chi connectivity index (χ3v) is 4.86. The van der Waals surface area contributed by atoms with Crippen LogP contribution in [0.3, 0.4) is 0 Å². The summed E-state index contributed by atoms with van der Waals surface area (Å²) in [6.07, 6.45) is 4.81. The number of nitrogens with one attached hydrogen (secondary N) is 2. The second-order valence-corrected chi connectivity index (χ2v) is 6.84. The Balaban J connectivity index is 1.26. The zero-order valence-electron chi connectivity index (χ0n) is 14.3. The highest BCUT2D eigenvalue weighted by molar-refractivity contribution is 5.82. The molecule has 0 heterocycles. The van der Waals surface area contributed by atoms with Crippen LogP contribution in [0, 0.1) is 11.8 Å². The first kappa shape index (κ1) is 16.8. The number of rotatable bonds is 8. The van der Waals surface area contributed by atoms with Gasteiger partial charge in [0.25, 0.3) is 0 Å². The molecule has 0 radical (unpaired) electrons. The number of carbonyl (C=O) groups excluding carboxylic acids is 2. The minimum atomic E-state index is -0.0586. The molecule has 3 rings (SSSR count). The fraction of sp³-hybridized carbons (Fsp3) is 0.579. The van der Waals surface area contributed by atoms with E-state index in [-0.39, 0.29) is 17.7 Å².